The Labute approximate surface area is 139 Å². The van der Waals surface area contributed by atoms with Gasteiger partial charge < -0.3 is 19.5 Å². The summed E-state index contributed by atoms with van der Waals surface area (Å²) in [5.74, 6) is 0.797. The minimum atomic E-state index is -0.143. The fraction of sp³-hybridized carbons (Fsp3) is 0.412. The number of likely N-dealkylation sites (tertiary alicyclic amines) is 1. The van der Waals surface area contributed by atoms with Crippen molar-refractivity contribution in [2.75, 3.05) is 33.4 Å². The van der Waals surface area contributed by atoms with E-state index in [2.05, 4.69) is 10.2 Å². The molecule has 2 heterocycles. The average Bonchev–Trinajstić information content (AvgIpc) is 3.23. The molecule has 1 aromatic carbocycles. The number of hydrogen-bond acceptors (Lipinski definition) is 4. The Morgan fingerprint density at radius 3 is 2.92 bits per heavy atom. The summed E-state index contributed by atoms with van der Waals surface area (Å²) in [6.45, 7) is 2.22. The predicted molar refractivity (Wildman–Crippen MR) is 88.5 cm³/mol. The highest BCUT2D eigenvalue weighted by Crippen LogP contribution is 2.26. The zero-order valence-corrected chi connectivity index (χ0v) is 13.6. The minimum absolute atomic E-state index is 0.0208. The van der Waals surface area contributed by atoms with Crippen LogP contribution in [0.4, 0.5) is 0 Å². The molecule has 24 heavy (non-hydrogen) atoms. The Morgan fingerprint density at radius 2 is 2.17 bits per heavy atom. The summed E-state index contributed by atoms with van der Waals surface area (Å²) in [5, 5.41) is 5.42. The molecule has 1 amide bonds. The van der Waals surface area contributed by atoms with Crippen molar-refractivity contribution < 1.29 is 14.3 Å². The summed E-state index contributed by atoms with van der Waals surface area (Å²) in [5.41, 5.74) is 1.32. The van der Waals surface area contributed by atoms with Gasteiger partial charge in [-0.15, -0.1) is 0 Å². The Kier molecular flexibility index (Phi) is 5.00. The molecule has 0 bridgehead atoms. The number of methoxy groups -OCH3 is 1. The standard InChI is InChI=1S/C17H21N3O4/c1-23-7-8-24-14-4-2-3-12(9-14)17(22)20-6-5-13(11-20)15-10-16(21)19-18-15/h2-4,9-10,13H,5-8,11H2,1H3,(H2,18,19,21). The van der Waals surface area contributed by atoms with Gasteiger partial charge in [0.2, 0.25) is 0 Å². The Morgan fingerprint density at radius 1 is 1.29 bits per heavy atom. The smallest absolute Gasteiger partial charge is 0.264 e. The average molecular weight is 331 g/mol. The van der Waals surface area contributed by atoms with Gasteiger partial charge in [0.05, 0.1) is 6.61 Å². The van der Waals surface area contributed by atoms with Crippen molar-refractivity contribution >= 4 is 5.91 Å². The van der Waals surface area contributed by atoms with Crippen molar-refractivity contribution in [2.45, 2.75) is 12.3 Å². The first-order valence-electron chi connectivity index (χ1n) is 7.96. The molecule has 0 saturated carbocycles. The molecule has 2 aromatic rings. The molecule has 7 nitrogen and oxygen atoms in total. The molecule has 0 radical (unpaired) electrons. The summed E-state index contributed by atoms with van der Waals surface area (Å²) in [4.78, 5) is 25.7. The summed E-state index contributed by atoms with van der Waals surface area (Å²) in [6.07, 6.45) is 0.837. The van der Waals surface area contributed by atoms with Crippen LogP contribution in [0.25, 0.3) is 0 Å². The predicted octanol–water partition coefficient (Wildman–Crippen LogP) is 1.36. The molecular formula is C17H21N3O4. The van der Waals surface area contributed by atoms with E-state index in [-0.39, 0.29) is 17.4 Å². The number of H-pyrrole nitrogens is 2. The number of nitrogens with one attached hydrogen (secondary N) is 2. The number of aromatic nitrogens is 2. The van der Waals surface area contributed by atoms with Crippen LogP contribution in [0, 0.1) is 0 Å². The van der Waals surface area contributed by atoms with Crippen molar-refractivity contribution in [2.24, 2.45) is 0 Å². The molecule has 1 aliphatic heterocycles. The van der Waals surface area contributed by atoms with E-state index in [0.717, 1.165) is 12.1 Å². The van der Waals surface area contributed by atoms with Crippen LogP contribution in [0.1, 0.15) is 28.4 Å². The molecule has 2 N–H and O–H groups in total. The molecule has 0 spiro atoms. The molecule has 3 rings (SSSR count). The lowest BCUT2D eigenvalue weighted by atomic mass is 10.1. The van der Waals surface area contributed by atoms with Gasteiger partial charge in [-0.1, -0.05) is 6.07 Å². The minimum Gasteiger partial charge on any atom is -0.491 e. The van der Waals surface area contributed by atoms with Gasteiger partial charge in [-0.25, -0.2) is 0 Å². The second-order valence-electron chi connectivity index (χ2n) is 5.82. The molecule has 1 atom stereocenters. The van der Waals surface area contributed by atoms with Gasteiger partial charge in [0, 0.05) is 43.4 Å². The maximum atomic E-state index is 12.7. The Hall–Kier alpha value is -2.54. The monoisotopic (exact) mass is 331 g/mol. The fourth-order valence-corrected chi connectivity index (χ4v) is 2.91. The lowest BCUT2D eigenvalue weighted by Crippen LogP contribution is -2.28. The van der Waals surface area contributed by atoms with Gasteiger partial charge in [0.25, 0.3) is 11.5 Å². The van der Waals surface area contributed by atoms with Crippen molar-refractivity contribution in [1.82, 2.24) is 15.1 Å². The van der Waals surface area contributed by atoms with E-state index < -0.39 is 0 Å². The maximum Gasteiger partial charge on any atom is 0.264 e. The zero-order chi connectivity index (χ0) is 16.9. The van der Waals surface area contributed by atoms with Gasteiger partial charge in [0.1, 0.15) is 12.4 Å². The number of benzene rings is 1. The number of nitrogens with zero attached hydrogens (tertiary/aromatic N) is 1. The number of hydrogen-bond donors (Lipinski definition) is 2. The topological polar surface area (TPSA) is 87.4 Å². The number of carbonyl (C=O) groups is 1. The highest BCUT2D eigenvalue weighted by molar-refractivity contribution is 5.94. The summed E-state index contributed by atoms with van der Waals surface area (Å²) >= 11 is 0. The van der Waals surface area contributed by atoms with E-state index in [1.165, 1.54) is 0 Å². The largest absolute Gasteiger partial charge is 0.491 e. The van der Waals surface area contributed by atoms with Crippen LogP contribution < -0.4 is 10.3 Å². The number of rotatable bonds is 6. The van der Waals surface area contributed by atoms with E-state index in [0.29, 0.717) is 37.6 Å². The van der Waals surface area contributed by atoms with Crippen molar-refractivity contribution in [3.63, 3.8) is 0 Å². The molecule has 7 heteroatoms. The highest BCUT2D eigenvalue weighted by atomic mass is 16.5. The van der Waals surface area contributed by atoms with E-state index in [1.807, 2.05) is 17.0 Å². The van der Waals surface area contributed by atoms with Crippen LogP contribution in [0.15, 0.2) is 35.1 Å². The number of aromatic amines is 2. The van der Waals surface area contributed by atoms with Crippen molar-refractivity contribution in [3.05, 3.63) is 51.9 Å². The van der Waals surface area contributed by atoms with Gasteiger partial charge in [-0.2, -0.15) is 0 Å². The van der Waals surface area contributed by atoms with E-state index in [9.17, 15) is 9.59 Å². The summed E-state index contributed by atoms with van der Waals surface area (Å²) < 4.78 is 10.5. The fourth-order valence-electron chi connectivity index (χ4n) is 2.91. The maximum absolute atomic E-state index is 12.7. The molecule has 1 fully saturated rings. The summed E-state index contributed by atoms with van der Waals surface area (Å²) in [7, 11) is 1.62. The van der Waals surface area contributed by atoms with E-state index >= 15 is 0 Å². The van der Waals surface area contributed by atoms with Gasteiger partial charge in [0.15, 0.2) is 0 Å². The Balaban J connectivity index is 1.64. The van der Waals surface area contributed by atoms with Crippen LogP contribution in [-0.2, 0) is 4.74 Å². The molecular weight excluding hydrogens is 310 g/mol. The first-order valence-corrected chi connectivity index (χ1v) is 7.96. The SMILES string of the molecule is COCCOc1cccc(C(=O)N2CCC(c3cc(=O)[nH][nH]3)C2)c1. The lowest BCUT2D eigenvalue weighted by molar-refractivity contribution is 0.0790. The molecule has 1 saturated heterocycles. The van der Waals surface area contributed by atoms with Crippen molar-refractivity contribution in [1.29, 1.82) is 0 Å². The second kappa shape index (κ2) is 7.35. The van der Waals surface area contributed by atoms with Crippen LogP contribution >= 0.6 is 0 Å². The first-order chi connectivity index (χ1) is 11.7. The van der Waals surface area contributed by atoms with Gasteiger partial charge in [-0.05, 0) is 24.6 Å². The molecule has 0 aliphatic carbocycles. The van der Waals surface area contributed by atoms with Gasteiger partial charge in [-0.3, -0.25) is 14.7 Å². The molecule has 1 unspecified atom stereocenters. The zero-order valence-electron chi connectivity index (χ0n) is 13.6. The molecule has 1 aromatic heterocycles. The van der Waals surface area contributed by atoms with Crippen LogP contribution in [0.3, 0.4) is 0 Å². The van der Waals surface area contributed by atoms with E-state index in [4.69, 9.17) is 9.47 Å². The second-order valence-corrected chi connectivity index (χ2v) is 5.82. The third-order valence-electron chi connectivity index (χ3n) is 4.17. The number of carbonyl (C=O) groups excluding carboxylic acids is 1. The van der Waals surface area contributed by atoms with Crippen LogP contribution in [-0.4, -0.2) is 54.4 Å². The summed E-state index contributed by atoms with van der Waals surface area (Å²) in [6, 6.07) is 8.74. The van der Waals surface area contributed by atoms with Gasteiger partial charge >= 0.3 is 0 Å². The van der Waals surface area contributed by atoms with Crippen LogP contribution in [0.5, 0.6) is 5.75 Å². The van der Waals surface area contributed by atoms with E-state index in [1.54, 1.807) is 25.3 Å². The van der Waals surface area contributed by atoms with Crippen molar-refractivity contribution in [3.8, 4) is 5.75 Å². The van der Waals surface area contributed by atoms with Crippen LogP contribution in [0.2, 0.25) is 0 Å². The molecule has 128 valence electrons. The molecule has 1 aliphatic rings. The number of ether oxygens (including phenoxy) is 2. The third-order valence-corrected chi connectivity index (χ3v) is 4.17. The lowest BCUT2D eigenvalue weighted by Gasteiger charge is -2.17. The Bertz CT molecular complexity index is 752. The number of amides is 1. The third kappa shape index (κ3) is 3.68. The first kappa shape index (κ1) is 16.3. The normalized spacial score (nSPS) is 17.2. The highest BCUT2D eigenvalue weighted by Gasteiger charge is 2.29. The quantitative estimate of drug-likeness (QED) is 0.783.